The minimum absolute atomic E-state index is 0.392. The first kappa shape index (κ1) is 17.1. The van der Waals surface area contributed by atoms with Crippen molar-refractivity contribution >= 4 is 17.6 Å². The molecular formula is C14H27N5O2. The van der Waals surface area contributed by atoms with Crippen LogP contribution in [0.15, 0.2) is 0 Å². The number of aromatic nitrogens is 2. The molecule has 1 rings (SSSR count). The van der Waals surface area contributed by atoms with Crippen molar-refractivity contribution in [3.05, 3.63) is 5.69 Å². The van der Waals surface area contributed by atoms with Gasteiger partial charge in [-0.15, -0.1) is 0 Å². The zero-order valence-electron chi connectivity index (χ0n) is 13.6. The Morgan fingerprint density at radius 3 is 2.62 bits per heavy atom. The van der Waals surface area contributed by atoms with Gasteiger partial charge in [-0.1, -0.05) is 0 Å². The molecule has 0 aliphatic carbocycles. The SMILES string of the molecule is CCn1nc(C)c(N)c1NCCCNC(=O)OC(C)(C)C. The predicted molar refractivity (Wildman–Crippen MR) is 84.4 cm³/mol. The van der Waals surface area contributed by atoms with Gasteiger partial charge in [-0.3, -0.25) is 0 Å². The average Bonchev–Trinajstić information content (AvgIpc) is 2.63. The molecule has 1 aromatic heterocycles. The molecule has 1 amide bonds. The highest BCUT2D eigenvalue weighted by Crippen LogP contribution is 2.21. The van der Waals surface area contributed by atoms with Crippen molar-refractivity contribution in [3.63, 3.8) is 0 Å². The van der Waals surface area contributed by atoms with Crippen molar-refractivity contribution in [2.24, 2.45) is 0 Å². The van der Waals surface area contributed by atoms with E-state index in [4.69, 9.17) is 10.5 Å². The number of alkyl carbamates (subject to hydrolysis) is 1. The summed E-state index contributed by atoms with van der Waals surface area (Å²) in [6.07, 6.45) is 0.378. The Hall–Kier alpha value is -1.92. The molecule has 0 aromatic carbocycles. The monoisotopic (exact) mass is 297 g/mol. The fourth-order valence-corrected chi connectivity index (χ4v) is 1.81. The molecule has 7 heteroatoms. The molecule has 0 spiro atoms. The van der Waals surface area contributed by atoms with Crippen LogP contribution in [0, 0.1) is 6.92 Å². The molecule has 4 N–H and O–H groups in total. The summed E-state index contributed by atoms with van der Waals surface area (Å²) in [6.45, 7) is 11.4. The first-order chi connectivity index (χ1) is 9.74. The second-order valence-corrected chi connectivity index (χ2v) is 5.87. The third-order valence-electron chi connectivity index (χ3n) is 2.79. The Bertz CT molecular complexity index is 476. The van der Waals surface area contributed by atoms with Gasteiger partial charge >= 0.3 is 6.09 Å². The summed E-state index contributed by atoms with van der Waals surface area (Å²) in [5.41, 5.74) is 7.01. The highest BCUT2D eigenvalue weighted by atomic mass is 16.6. The second kappa shape index (κ2) is 7.19. The number of carbonyl (C=O) groups excluding carboxylic acids is 1. The van der Waals surface area contributed by atoms with E-state index in [1.54, 1.807) is 0 Å². The number of nitrogens with one attached hydrogen (secondary N) is 2. The third-order valence-corrected chi connectivity index (χ3v) is 2.79. The number of anilines is 2. The van der Waals surface area contributed by atoms with E-state index < -0.39 is 11.7 Å². The van der Waals surface area contributed by atoms with Gasteiger partial charge in [0.1, 0.15) is 11.4 Å². The lowest BCUT2D eigenvalue weighted by Gasteiger charge is -2.19. The van der Waals surface area contributed by atoms with E-state index in [9.17, 15) is 4.79 Å². The van der Waals surface area contributed by atoms with E-state index in [-0.39, 0.29) is 0 Å². The molecule has 0 atom stereocenters. The van der Waals surface area contributed by atoms with E-state index in [0.717, 1.165) is 24.5 Å². The predicted octanol–water partition coefficient (Wildman–Crippen LogP) is 2.12. The number of nitrogens with two attached hydrogens (primary N) is 1. The quantitative estimate of drug-likeness (QED) is 0.699. The number of nitrogen functional groups attached to an aromatic ring is 1. The standard InChI is InChI=1S/C14H27N5O2/c1-6-19-12(11(15)10(2)18-19)16-8-7-9-17-13(20)21-14(3,4)5/h16H,6-9,15H2,1-5H3,(H,17,20). The summed E-state index contributed by atoms with van der Waals surface area (Å²) < 4.78 is 7.00. The van der Waals surface area contributed by atoms with Gasteiger partial charge in [-0.25, -0.2) is 9.48 Å². The van der Waals surface area contributed by atoms with E-state index in [0.29, 0.717) is 18.8 Å². The Labute approximate surface area is 126 Å². The molecule has 1 aromatic rings. The van der Waals surface area contributed by atoms with Gasteiger partial charge in [-0.2, -0.15) is 5.10 Å². The smallest absolute Gasteiger partial charge is 0.407 e. The average molecular weight is 297 g/mol. The fourth-order valence-electron chi connectivity index (χ4n) is 1.81. The zero-order chi connectivity index (χ0) is 16.0. The molecule has 7 nitrogen and oxygen atoms in total. The molecule has 0 fully saturated rings. The normalized spacial score (nSPS) is 11.3. The Morgan fingerprint density at radius 2 is 2.05 bits per heavy atom. The Kier molecular flexibility index (Phi) is 5.87. The maximum absolute atomic E-state index is 11.5. The maximum atomic E-state index is 11.5. The molecule has 0 saturated heterocycles. The van der Waals surface area contributed by atoms with Gasteiger partial charge in [0.05, 0.1) is 11.4 Å². The van der Waals surface area contributed by atoms with Crippen molar-refractivity contribution in [1.82, 2.24) is 15.1 Å². The van der Waals surface area contributed by atoms with Crippen LogP contribution in [-0.2, 0) is 11.3 Å². The van der Waals surface area contributed by atoms with Crippen LogP contribution in [0.4, 0.5) is 16.3 Å². The summed E-state index contributed by atoms with van der Waals surface area (Å²) >= 11 is 0. The zero-order valence-corrected chi connectivity index (χ0v) is 13.6. The summed E-state index contributed by atoms with van der Waals surface area (Å²) in [7, 11) is 0. The topological polar surface area (TPSA) is 94.2 Å². The van der Waals surface area contributed by atoms with E-state index in [1.165, 1.54) is 0 Å². The van der Waals surface area contributed by atoms with Crippen LogP contribution in [0.5, 0.6) is 0 Å². The van der Waals surface area contributed by atoms with Gasteiger partial charge in [0.2, 0.25) is 0 Å². The van der Waals surface area contributed by atoms with Crippen molar-refractivity contribution in [3.8, 4) is 0 Å². The lowest BCUT2D eigenvalue weighted by Crippen LogP contribution is -2.33. The minimum Gasteiger partial charge on any atom is -0.444 e. The van der Waals surface area contributed by atoms with Crippen molar-refractivity contribution in [2.75, 3.05) is 24.1 Å². The Balaban J connectivity index is 2.31. The Morgan fingerprint density at radius 1 is 1.38 bits per heavy atom. The molecule has 0 aliphatic heterocycles. The van der Waals surface area contributed by atoms with Crippen molar-refractivity contribution in [1.29, 1.82) is 0 Å². The molecule has 120 valence electrons. The first-order valence-electron chi connectivity index (χ1n) is 7.28. The summed E-state index contributed by atoms with van der Waals surface area (Å²) in [4.78, 5) is 11.5. The number of hydrogen-bond acceptors (Lipinski definition) is 5. The minimum atomic E-state index is -0.470. The van der Waals surface area contributed by atoms with Crippen LogP contribution in [0.1, 0.15) is 39.8 Å². The number of ether oxygens (including phenoxy) is 1. The van der Waals surface area contributed by atoms with E-state index in [2.05, 4.69) is 15.7 Å². The third kappa shape index (κ3) is 5.53. The summed E-state index contributed by atoms with van der Waals surface area (Å²) in [5, 5.41) is 10.3. The van der Waals surface area contributed by atoms with Crippen LogP contribution in [0.3, 0.4) is 0 Å². The van der Waals surface area contributed by atoms with Gasteiger partial charge in [-0.05, 0) is 41.0 Å². The molecule has 1 heterocycles. The number of rotatable bonds is 6. The number of carbonyl (C=O) groups is 1. The van der Waals surface area contributed by atoms with E-state index in [1.807, 2.05) is 39.3 Å². The highest BCUT2D eigenvalue weighted by molar-refractivity contribution is 5.67. The van der Waals surface area contributed by atoms with Gasteiger partial charge in [0.15, 0.2) is 0 Å². The molecule has 0 unspecified atom stereocenters. The number of aryl methyl sites for hydroxylation is 2. The second-order valence-electron chi connectivity index (χ2n) is 5.87. The molecule has 0 bridgehead atoms. The van der Waals surface area contributed by atoms with Gasteiger partial charge in [0, 0.05) is 19.6 Å². The number of hydrogen-bond donors (Lipinski definition) is 3. The number of nitrogens with zero attached hydrogens (tertiary/aromatic N) is 2. The lowest BCUT2D eigenvalue weighted by molar-refractivity contribution is 0.0528. The van der Waals surface area contributed by atoms with Crippen LogP contribution < -0.4 is 16.4 Å². The van der Waals surface area contributed by atoms with E-state index >= 15 is 0 Å². The molecule has 0 aliphatic rings. The molecule has 0 saturated carbocycles. The van der Waals surface area contributed by atoms with Gasteiger partial charge < -0.3 is 21.1 Å². The fraction of sp³-hybridized carbons (Fsp3) is 0.714. The van der Waals surface area contributed by atoms with Crippen molar-refractivity contribution < 1.29 is 9.53 Å². The van der Waals surface area contributed by atoms with Crippen molar-refractivity contribution in [2.45, 2.75) is 53.2 Å². The molecular weight excluding hydrogens is 270 g/mol. The highest BCUT2D eigenvalue weighted by Gasteiger charge is 2.15. The van der Waals surface area contributed by atoms with Crippen LogP contribution in [0.2, 0.25) is 0 Å². The van der Waals surface area contributed by atoms with Gasteiger partial charge in [0.25, 0.3) is 0 Å². The lowest BCUT2D eigenvalue weighted by atomic mass is 10.2. The largest absolute Gasteiger partial charge is 0.444 e. The summed E-state index contributed by atoms with van der Waals surface area (Å²) in [6, 6.07) is 0. The molecule has 21 heavy (non-hydrogen) atoms. The number of amides is 1. The maximum Gasteiger partial charge on any atom is 0.407 e. The molecule has 0 radical (unpaired) electrons. The van der Waals surface area contributed by atoms with Crippen LogP contribution in [0.25, 0.3) is 0 Å². The summed E-state index contributed by atoms with van der Waals surface area (Å²) in [5.74, 6) is 0.840. The van der Waals surface area contributed by atoms with Crippen LogP contribution in [-0.4, -0.2) is 34.6 Å². The first-order valence-corrected chi connectivity index (χ1v) is 7.28. The van der Waals surface area contributed by atoms with Crippen LogP contribution >= 0.6 is 0 Å².